The van der Waals surface area contributed by atoms with Gasteiger partial charge in [-0.1, -0.05) is 41.7 Å². The summed E-state index contributed by atoms with van der Waals surface area (Å²) in [6.07, 6.45) is 0. The number of nitrogens with zero attached hydrogens (tertiary/aromatic N) is 2. The van der Waals surface area contributed by atoms with Crippen molar-refractivity contribution in [1.82, 2.24) is 4.98 Å². The van der Waals surface area contributed by atoms with E-state index in [1.807, 2.05) is 13.0 Å². The van der Waals surface area contributed by atoms with E-state index in [9.17, 15) is 19.5 Å². The lowest BCUT2D eigenvalue weighted by Gasteiger charge is -2.23. The lowest BCUT2D eigenvalue weighted by Crippen LogP contribution is -2.29. The normalized spacial score (nSPS) is 17.2. The van der Waals surface area contributed by atoms with Crippen molar-refractivity contribution in [3.05, 3.63) is 81.4 Å². The van der Waals surface area contributed by atoms with Gasteiger partial charge >= 0.3 is 11.9 Å². The van der Waals surface area contributed by atoms with Crippen LogP contribution < -0.4 is 9.64 Å². The number of amides is 1. The molecule has 34 heavy (non-hydrogen) atoms. The third kappa shape index (κ3) is 3.84. The first kappa shape index (κ1) is 23.2. The first-order valence-electron chi connectivity index (χ1n) is 10.3. The molecule has 1 saturated heterocycles. The number of carbonyl (C=O) groups is 3. The number of aliphatic hydroxyl groups is 1. The van der Waals surface area contributed by atoms with Gasteiger partial charge in [0.05, 0.1) is 31.5 Å². The van der Waals surface area contributed by atoms with Crippen LogP contribution in [0, 0.1) is 13.8 Å². The summed E-state index contributed by atoms with van der Waals surface area (Å²) in [5, 5.41) is 11.4. The van der Waals surface area contributed by atoms with Gasteiger partial charge in [0.2, 0.25) is 0 Å². The van der Waals surface area contributed by atoms with Crippen LogP contribution in [-0.4, -0.2) is 42.0 Å². The highest BCUT2D eigenvalue weighted by Gasteiger charge is 2.48. The monoisotopic (exact) mass is 478 g/mol. The van der Waals surface area contributed by atoms with E-state index in [1.165, 1.54) is 12.0 Å². The lowest BCUT2D eigenvalue weighted by molar-refractivity contribution is -0.132. The molecule has 0 spiro atoms. The van der Waals surface area contributed by atoms with Crippen LogP contribution in [0.5, 0.6) is 5.75 Å². The molecular formula is C25H22N2O6S. The number of anilines is 1. The minimum Gasteiger partial charge on any atom is -0.507 e. The number of ketones is 1. The lowest BCUT2D eigenvalue weighted by atomic mass is 9.95. The molecule has 1 aliphatic heterocycles. The second-order valence-corrected chi connectivity index (χ2v) is 8.64. The van der Waals surface area contributed by atoms with E-state index < -0.39 is 23.7 Å². The first-order chi connectivity index (χ1) is 16.3. The third-order valence-corrected chi connectivity index (χ3v) is 6.73. The van der Waals surface area contributed by atoms with Crippen molar-refractivity contribution < 1.29 is 29.0 Å². The fourth-order valence-electron chi connectivity index (χ4n) is 3.93. The number of hydrogen-bond acceptors (Lipinski definition) is 8. The van der Waals surface area contributed by atoms with Crippen molar-refractivity contribution in [2.75, 3.05) is 19.1 Å². The van der Waals surface area contributed by atoms with Crippen molar-refractivity contribution in [3.8, 4) is 5.75 Å². The predicted octanol–water partition coefficient (Wildman–Crippen LogP) is 4.18. The number of rotatable bonds is 5. The number of aliphatic hydroxyl groups excluding tert-OH is 1. The Bertz CT molecular complexity index is 1330. The van der Waals surface area contributed by atoms with E-state index in [4.69, 9.17) is 9.47 Å². The number of benzene rings is 2. The Kier molecular flexibility index (Phi) is 6.21. The van der Waals surface area contributed by atoms with E-state index in [2.05, 4.69) is 4.98 Å². The Balaban J connectivity index is 1.92. The number of aryl methyl sites for hydroxylation is 2. The number of esters is 1. The van der Waals surface area contributed by atoms with Crippen LogP contribution in [0.25, 0.3) is 5.76 Å². The molecule has 0 radical (unpaired) electrons. The Labute approximate surface area is 200 Å². The average molecular weight is 479 g/mol. The van der Waals surface area contributed by atoms with E-state index in [0.717, 1.165) is 16.9 Å². The third-order valence-electron chi connectivity index (χ3n) is 5.59. The number of ether oxygens (including phenoxy) is 2. The van der Waals surface area contributed by atoms with Crippen LogP contribution in [0.1, 0.15) is 38.1 Å². The molecule has 3 aromatic rings. The minimum atomic E-state index is -0.931. The van der Waals surface area contributed by atoms with E-state index in [-0.39, 0.29) is 21.3 Å². The number of thiazole rings is 1. The van der Waals surface area contributed by atoms with Gasteiger partial charge < -0.3 is 14.6 Å². The zero-order chi connectivity index (χ0) is 24.6. The molecule has 1 amide bonds. The van der Waals surface area contributed by atoms with E-state index in [1.54, 1.807) is 56.5 Å². The van der Waals surface area contributed by atoms with Gasteiger partial charge in [-0.05, 0) is 43.2 Å². The molecule has 2 heterocycles. The summed E-state index contributed by atoms with van der Waals surface area (Å²) < 4.78 is 10.1. The minimum absolute atomic E-state index is 0.0618. The molecule has 9 heteroatoms. The molecule has 0 unspecified atom stereocenters. The largest absolute Gasteiger partial charge is 0.507 e. The predicted molar refractivity (Wildman–Crippen MR) is 127 cm³/mol. The number of aromatic nitrogens is 1. The Morgan fingerprint density at radius 1 is 1.09 bits per heavy atom. The molecule has 1 aromatic heterocycles. The second kappa shape index (κ2) is 9.11. The van der Waals surface area contributed by atoms with E-state index in [0.29, 0.717) is 22.6 Å². The Morgan fingerprint density at radius 2 is 1.79 bits per heavy atom. The fraction of sp³-hybridized carbons (Fsp3) is 0.200. The van der Waals surface area contributed by atoms with Gasteiger partial charge in [0.15, 0.2) is 5.13 Å². The fourth-order valence-corrected chi connectivity index (χ4v) is 4.94. The molecular weight excluding hydrogens is 456 g/mol. The smallest absolute Gasteiger partial charge is 0.350 e. The van der Waals surface area contributed by atoms with Gasteiger partial charge in [-0.3, -0.25) is 14.5 Å². The average Bonchev–Trinajstić information content (AvgIpc) is 3.35. The molecule has 1 N–H and O–H groups in total. The molecule has 174 valence electrons. The van der Waals surface area contributed by atoms with Crippen LogP contribution in [0.2, 0.25) is 0 Å². The standard InChI is InChI=1S/C25H22N2O6S/c1-13-12-16(10-11-17(13)32-3)20(28)18-19(15-8-6-5-7-9-15)27(23(30)21(18)29)25-26-14(2)22(34-25)24(31)33-4/h5-12,19,28H,1-4H3/b20-18+/t19-/m1/s1. The molecule has 2 aromatic carbocycles. The molecule has 8 nitrogen and oxygen atoms in total. The van der Waals surface area contributed by atoms with Gasteiger partial charge in [-0.15, -0.1) is 0 Å². The Hall–Kier alpha value is -3.98. The maximum absolute atomic E-state index is 13.2. The molecule has 0 aliphatic carbocycles. The van der Waals surface area contributed by atoms with Crippen LogP contribution >= 0.6 is 11.3 Å². The van der Waals surface area contributed by atoms with Crippen molar-refractivity contribution in [1.29, 1.82) is 0 Å². The van der Waals surface area contributed by atoms with Crippen LogP contribution in [-0.2, 0) is 14.3 Å². The quantitative estimate of drug-likeness (QED) is 0.254. The molecule has 1 fully saturated rings. The maximum Gasteiger partial charge on any atom is 0.350 e. The van der Waals surface area contributed by atoms with E-state index >= 15 is 0 Å². The summed E-state index contributed by atoms with van der Waals surface area (Å²) in [6, 6.07) is 13.0. The summed E-state index contributed by atoms with van der Waals surface area (Å²) in [6.45, 7) is 3.44. The van der Waals surface area contributed by atoms with Crippen molar-refractivity contribution >= 4 is 39.9 Å². The molecule has 0 saturated carbocycles. The Morgan fingerprint density at radius 3 is 2.41 bits per heavy atom. The van der Waals surface area contributed by atoms with Gasteiger partial charge in [-0.25, -0.2) is 9.78 Å². The molecule has 4 rings (SSSR count). The van der Waals surface area contributed by atoms with Crippen molar-refractivity contribution in [2.24, 2.45) is 0 Å². The summed E-state index contributed by atoms with van der Waals surface area (Å²) in [4.78, 5) is 44.4. The number of Topliss-reactive ketones (excluding diaryl/α,β-unsaturated/α-hetero) is 1. The SMILES string of the molecule is COC(=O)c1sc(N2C(=O)C(=O)/C(=C(/O)c3ccc(OC)c(C)c3)[C@H]2c2ccccc2)nc1C. The number of hydrogen-bond donors (Lipinski definition) is 1. The second-order valence-electron chi connectivity index (χ2n) is 7.67. The highest BCUT2D eigenvalue weighted by molar-refractivity contribution is 7.17. The molecule has 0 bridgehead atoms. The molecule has 1 aliphatic rings. The molecule has 1 atom stereocenters. The van der Waals surface area contributed by atoms with Gasteiger partial charge in [-0.2, -0.15) is 0 Å². The van der Waals surface area contributed by atoms with Gasteiger partial charge in [0.25, 0.3) is 5.78 Å². The summed E-state index contributed by atoms with van der Waals surface area (Å²) >= 11 is 0.957. The zero-order valence-corrected chi connectivity index (χ0v) is 19.8. The van der Waals surface area contributed by atoms with Crippen molar-refractivity contribution in [2.45, 2.75) is 19.9 Å². The highest BCUT2D eigenvalue weighted by Crippen LogP contribution is 2.44. The van der Waals surface area contributed by atoms with Gasteiger partial charge in [0.1, 0.15) is 16.4 Å². The van der Waals surface area contributed by atoms with Crippen molar-refractivity contribution in [3.63, 3.8) is 0 Å². The van der Waals surface area contributed by atoms with Crippen LogP contribution in [0.4, 0.5) is 5.13 Å². The van der Waals surface area contributed by atoms with Crippen LogP contribution in [0.15, 0.2) is 54.1 Å². The zero-order valence-electron chi connectivity index (χ0n) is 19.0. The maximum atomic E-state index is 13.2. The van der Waals surface area contributed by atoms with Gasteiger partial charge in [0, 0.05) is 5.56 Å². The highest BCUT2D eigenvalue weighted by atomic mass is 32.1. The van der Waals surface area contributed by atoms with Crippen LogP contribution in [0.3, 0.4) is 0 Å². The first-order valence-corrected chi connectivity index (χ1v) is 11.2. The summed E-state index contributed by atoms with van der Waals surface area (Å²) in [7, 11) is 2.80. The number of methoxy groups -OCH3 is 2. The summed E-state index contributed by atoms with van der Waals surface area (Å²) in [5.74, 6) is -1.94. The topological polar surface area (TPSA) is 106 Å². The summed E-state index contributed by atoms with van der Waals surface area (Å²) in [5.41, 5.74) is 2.07. The number of carbonyl (C=O) groups excluding carboxylic acids is 3.